The van der Waals surface area contributed by atoms with Gasteiger partial charge in [0.05, 0.1) is 7.11 Å². The van der Waals surface area contributed by atoms with Gasteiger partial charge >= 0.3 is 6.03 Å². The summed E-state index contributed by atoms with van der Waals surface area (Å²) in [5.74, 6) is 0.370. The third-order valence-corrected chi connectivity index (χ3v) is 3.16. The van der Waals surface area contributed by atoms with Gasteiger partial charge in [-0.15, -0.1) is 0 Å². The zero-order chi connectivity index (χ0) is 17.4. The number of rotatable bonds is 6. The fraction of sp³-hybridized carbons (Fsp3) is 0.235. The largest absolute Gasteiger partial charge is 0.481 e. The van der Waals surface area contributed by atoms with Gasteiger partial charge in [-0.3, -0.25) is 4.79 Å². The quantitative estimate of drug-likeness (QED) is 0.757. The number of benzene rings is 1. The zero-order valence-corrected chi connectivity index (χ0v) is 13.6. The van der Waals surface area contributed by atoms with Crippen molar-refractivity contribution in [3.63, 3.8) is 0 Å². The van der Waals surface area contributed by atoms with E-state index in [0.29, 0.717) is 24.7 Å². The van der Waals surface area contributed by atoms with Crippen molar-refractivity contribution in [1.82, 2.24) is 15.6 Å². The van der Waals surface area contributed by atoms with Crippen LogP contribution in [-0.4, -0.2) is 24.0 Å². The Morgan fingerprint density at radius 1 is 1.08 bits per heavy atom. The van der Waals surface area contributed by atoms with E-state index in [4.69, 9.17) is 4.74 Å². The van der Waals surface area contributed by atoms with Gasteiger partial charge in [0.2, 0.25) is 11.8 Å². The molecule has 1 heterocycles. The first-order valence-corrected chi connectivity index (χ1v) is 7.44. The summed E-state index contributed by atoms with van der Waals surface area (Å²) in [5.41, 5.74) is 2.48. The molecule has 24 heavy (non-hydrogen) atoms. The number of pyridine rings is 1. The highest BCUT2D eigenvalue weighted by atomic mass is 16.5. The maximum atomic E-state index is 11.9. The van der Waals surface area contributed by atoms with Crippen molar-refractivity contribution in [2.45, 2.75) is 20.0 Å². The first kappa shape index (κ1) is 17.3. The van der Waals surface area contributed by atoms with Gasteiger partial charge in [-0.1, -0.05) is 12.1 Å². The Kier molecular flexibility index (Phi) is 6.13. The van der Waals surface area contributed by atoms with E-state index in [-0.39, 0.29) is 11.9 Å². The molecule has 3 N–H and O–H groups in total. The van der Waals surface area contributed by atoms with Gasteiger partial charge in [-0.25, -0.2) is 9.78 Å². The topological polar surface area (TPSA) is 92.4 Å². The highest BCUT2D eigenvalue weighted by Crippen LogP contribution is 2.10. The molecule has 0 aliphatic rings. The SMILES string of the molecule is COc1cc(CNC(=O)NCc2cccc(NC(C)=O)c2)ccn1. The fourth-order valence-electron chi connectivity index (χ4n) is 2.06. The first-order valence-electron chi connectivity index (χ1n) is 7.44. The van der Waals surface area contributed by atoms with Crippen LogP contribution in [0.1, 0.15) is 18.1 Å². The molecule has 0 radical (unpaired) electrons. The molecule has 2 rings (SSSR count). The van der Waals surface area contributed by atoms with Crippen LogP contribution in [0.2, 0.25) is 0 Å². The third kappa shape index (κ3) is 5.60. The predicted octanol–water partition coefficient (Wildman–Crippen LogP) is 2.05. The Morgan fingerprint density at radius 3 is 2.46 bits per heavy atom. The molecule has 0 bridgehead atoms. The van der Waals surface area contributed by atoms with E-state index in [2.05, 4.69) is 20.9 Å². The monoisotopic (exact) mass is 328 g/mol. The molecule has 126 valence electrons. The Labute approximate surface area is 140 Å². The van der Waals surface area contributed by atoms with Crippen molar-refractivity contribution in [1.29, 1.82) is 0 Å². The van der Waals surface area contributed by atoms with E-state index < -0.39 is 0 Å². The fourth-order valence-corrected chi connectivity index (χ4v) is 2.06. The number of carbonyl (C=O) groups is 2. The molecule has 0 aliphatic heterocycles. The molecule has 0 spiro atoms. The molecule has 0 fully saturated rings. The van der Waals surface area contributed by atoms with E-state index in [0.717, 1.165) is 11.1 Å². The number of carbonyl (C=O) groups excluding carboxylic acids is 2. The molecule has 0 aliphatic carbocycles. The molecule has 7 heteroatoms. The van der Waals surface area contributed by atoms with Crippen LogP contribution >= 0.6 is 0 Å². The average Bonchev–Trinajstić information content (AvgIpc) is 2.58. The van der Waals surface area contributed by atoms with E-state index >= 15 is 0 Å². The van der Waals surface area contributed by atoms with Gasteiger partial charge in [-0.2, -0.15) is 0 Å². The second kappa shape index (κ2) is 8.52. The third-order valence-electron chi connectivity index (χ3n) is 3.16. The van der Waals surface area contributed by atoms with Gasteiger partial charge in [-0.05, 0) is 29.3 Å². The van der Waals surface area contributed by atoms with Gasteiger partial charge in [0.25, 0.3) is 0 Å². The van der Waals surface area contributed by atoms with Crippen molar-refractivity contribution in [3.8, 4) is 5.88 Å². The molecule has 0 saturated heterocycles. The van der Waals surface area contributed by atoms with E-state index in [1.54, 1.807) is 31.5 Å². The van der Waals surface area contributed by atoms with E-state index in [1.807, 2.05) is 18.2 Å². The number of anilines is 1. The second-order valence-electron chi connectivity index (χ2n) is 5.12. The number of nitrogens with zero attached hydrogens (tertiary/aromatic N) is 1. The van der Waals surface area contributed by atoms with Gasteiger partial charge in [0.15, 0.2) is 0 Å². The van der Waals surface area contributed by atoms with Crippen LogP contribution in [0.4, 0.5) is 10.5 Å². The smallest absolute Gasteiger partial charge is 0.315 e. The normalized spacial score (nSPS) is 9.92. The lowest BCUT2D eigenvalue weighted by Gasteiger charge is -2.09. The maximum absolute atomic E-state index is 11.9. The lowest BCUT2D eigenvalue weighted by Crippen LogP contribution is -2.34. The van der Waals surface area contributed by atoms with Crippen molar-refractivity contribution >= 4 is 17.6 Å². The zero-order valence-electron chi connectivity index (χ0n) is 13.6. The van der Waals surface area contributed by atoms with Crippen LogP contribution in [-0.2, 0) is 17.9 Å². The molecule has 0 atom stereocenters. The molecule has 0 saturated carbocycles. The van der Waals surface area contributed by atoms with Crippen LogP contribution in [0.3, 0.4) is 0 Å². The van der Waals surface area contributed by atoms with E-state index in [1.165, 1.54) is 6.92 Å². The minimum absolute atomic E-state index is 0.134. The standard InChI is InChI=1S/C17H20N4O3/c1-12(22)21-15-5-3-4-13(8-15)10-19-17(23)20-11-14-6-7-18-16(9-14)24-2/h3-9H,10-11H2,1-2H3,(H,21,22)(H2,19,20,23). The highest BCUT2D eigenvalue weighted by molar-refractivity contribution is 5.88. The summed E-state index contributed by atoms with van der Waals surface area (Å²) in [4.78, 5) is 26.9. The average molecular weight is 328 g/mol. The summed E-state index contributed by atoms with van der Waals surface area (Å²) in [7, 11) is 1.54. The number of hydrogen-bond donors (Lipinski definition) is 3. The summed E-state index contributed by atoms with van der Waals surface area (Å²) in [5, 5.41) is 8.24. The summed E-state index contributed by atoms with van der Waals surface area (Å²) >= 11 is 0. The number of aromatic nitrogens is 1. The van der Waals surface area contributed by atoms with Gasteiger partial charge in [0, 0.05) is 38.0 Å². The van der Waals surface area contributed by atoms with Gasteiger partial charge < -0.3 is 20.7 Å². The summed E-state index contributed by atoms with van der Waals surface area (Å²) in [6, 6.07) is 10.6. The first-order chi connectivity index (χ1) is 11.6. The van der Waals surface area contributed by atoms with Crippen molar-refractivity contribution in [3.05, 3.63) is 53.7 Å². The highest BCUT2D eigenvalue weighted by Gasteiger charge is 2.03. The summed E-state index contributed by atoms with van der Waals surface area (Å²) < 4.78 is 5.04. The number of urea groups is 1. The van der Waals surface area contributed by atoms with Crippen LogP contribution in [0.25, 0.3) is 0 Å². The molecular formula is C17H20N4O3. The summed E-state index contributed by atoms with van der Waals surface area (Å²) in [6.07, 6.45) is 1.63. The second-order valence-corrected chi connectivity index (χ2v) is 5.12. The van der Waals surface area contributed by atoms with Crippen molar-refractivity contribution in [2.24, 2.45) is 0 Å². The molecule has 3 amide bonds. The maximum Gasteiger partial charge on any atom is 0.315 e. The minimum Gasteiger partial charge on any atom is -0.481 e. The molecule has 7 nitrogen and oxygen atoms in total. The lowest BCUT2D eigenvalue weighted by molar-refractivity contribution is -0.114. The molecule has 2 aromatic rings. The molecule has 1 aromatic heterocycles. The summed E-state index contributed by atoms with van der Waals surface area (Å²) in [6.45, 7) is 2.18. The Bertz CT molecular complexity index is 718. The Morgan fingerprint density at radius 2 is 1.79 bits per heavy atom. The van der Waals surface area contributed by atoms with Crippen LogP contribution in [0.5, 0.6) is 5.88 Å². The molecule has 0 unspecified atom stereocenters. The number of hydrogen-bond acceptors (Lipinski definition) is 4. The van der Waals surface area contributed by atoms with Crippen LogP contribution in [0.15, 0.2) is 42.6 Å². The Hall–Kier alpha value is -3.09. The number of methoxy groups -OCH3 is 1. The van der Waals surface area contributed by atoms with Crippen molar-refractivity contribution in [2.75, 3.05) is 12.4 Å². The van der Waals surface area contributed by atoms with Crippen molar-refractivity contribution < 1.29 is 14.3 Å². The minimum atomic E-state index is -0.282. The number of nitrogens with one attached hydrogen (secondary N) is 3. The molecular weight excluding hydrogens is 308 g/mol. The van der Waals surface area contributed by atoms with E-state index in [9.17, 15) is 9.59 Å². The predicted molar refractivity (Wildman–Crippen MR) is 90.6 cm³/mol. The number of ether oxygens (including phenoxy) is 1. The van der Waals surface area contributed by atoms with Crippen LogP contribution < -0.4 is 20.7 Å². The molecule has 1 aromatic carbocycles. The lowest BCUT2D eigenvalue weighted by atomic mass is 10.2. The number of amides is 3. The Balaban J connectivity index is 1.81. The van der Waals surface area contributed by atoms with Gasteiger partial charge in [0.1, 0.15) is 0 Å². The van der Waals surface area contributed by atoms with Crippen LogP contribution in [0, 0.1) is 0 Å².